The van der Waals surface area contributed by atoms with Crippen molar-refractivity contribution in [2.24, 2.45) is 0 Å². The SMILES string of the molecule is [2H]c1cc(-c2ccccc2)cc([2H])c1F. The fourth-order valence-electron chi connectivity index (χ4n) is 1.16. The summed E-state index contributed by atoms with van der Waals surface area (Å²) in [6.07, 6.45) is 0. The summed E-state index contributed by atoms with van der Waals surface area (Å²) >= 11 is 0. The molecule has 0 nitrogen and oxygen atoms in total. The summed E-state index contributed by atoms with van der Waals surface area (Å²) in [6.45, 7) is 0. The van der Waals surface area contributed by atoms with E-state index in [1.54, 1.807) is 0 Å². The molecule has 2 rings (SSSR count). The minimum atomic E-state index is -0.769. The molecule has 0 amide bonds. The minimum absolute atomic E-state index is 0.235. The van der Waals surface area contributed by atoms with Gasteiger partial charge in [0.25, 0.3) is 0 Å². The van der Waals surface area contributed by atoms with Crippen LogP contribution in [0.5, 0.6) is 0 Å². The van der Waals surface area contributed by atoms with Gasteiger partial charge < -0.3 is 0 Å². The van der Waals surface area contributed by atoms with Crippen molar-refractivity contribution in [3.8, 4) is 11.1 Å². The highest BCUT2D eigenvalue weighted by molar-refractivity contribution is 5.62. The molecule has 64 valence electrons. The Kier molecular flexibility index (Phi) is 1.55. The average Bonchev–Trinajstić information content (AvgIpc) is 2.26. The van der Waals surface area contributed by atoms with E-state index in [1.807, 2.05) is 30.3 Å². The number of hydrogen-bond donors (Lipinski definition) is 0. The predicted octanol–water partition coefficient (Wildman–Crippen LogP) is 3.49. The maximum atomic E-state index is 13.1. The van der Waals surface area contributed by atoms with Gasteiger partial charge in [0.05, 0.1) is 2.74 Å². The highest BCUT2D eigenvalue weighted by Gasteiger charge is 1.95. The first-order valence-electron chi connectivity index (χ1n) is 5.00. The van der Waals surface area contributed by atoms with Crippen LogP contribution in [0.15, 0.2) is 54.5 Å². The van der Waals surface area contributed by atoms with Gasteiger partial charge in [-0.15, -0.1) is 0 Å². The third-order valence-electron chi connectivity index (χ3n) is 1.82. The first-order valence-corrected chi connectivity index (χ1v) is 4.00. The van der Waals surface area contributed by atoms with Crippen LogP contribution in [0.2, 0.25) is 0 Å². The Morgan fingerprint density at radius 3 is 2.00 bits per heavy atom. The van der Waals surface area contributed by atoms with Gasteiger partial charge in [0.2, 0.25) is 0 Å². The molecule has 0 radical (unpaired) electrons. The van der Waals surface area contributed by atoms with E-state index in [0.29, 0.717) is 5.56 Å². The molecule has 0 saturated carbocycles. The lowest BCUT2D eigenvalue weighted by Gasteiger charge is -1.99. The van der Waals surface area contributed by atoms with Crippen molar-refractivity contribution in [2.45, 2.75) is 0 Å². The van der Waals surface area contributed by atoms with Gasteiger partial charge in [-0.2, -0.15) is 0 Å². The van der Waals surface area contributed by atoms with Gasteiger partial charge in [0.1, 0.15) is 5.82 Å². The highest BCUT2D eigenvalue weighted by atomic mass is 19.1. The molecule has 0 fully saturated rings. The Hall–Kier alpha value is -1.63. The zero-order chi connectivity index (χ0) is 10.8. The van der Waals surface area contributed by atoms with E-state index < -0.39 is 5.82 Å². The molecule has 0 bridgehead atoms. The third kappa shape index (κ3) is 1.75. The van der Waals surface area contributed by atoms with Crippen LogP contribution in [0.4, 0.5) is 4.39 Å². The molecular weight excluding hydrogens is 163 g/mol. The smallest absolute Gasteiger partial charge is 0.123 e. The van der Waals surface area contributed by atoms with Gasteiger partial charge in [0, 0.05) is 0 Å². The largest absolute Gasteiger partial charge is 0.207 e. The van der Waals surface area contributed by atoms with Crippen molar-refractivity contribution in [1.29, 1.82) is 0 Å². The highest BCUT2D eigenvalue weighted by Crippen LogP contribution is 2.18. The second kappa shape index (κ2) is 3.40. The molecule has 0 aromatic heterocycles. The summed E-state index contributed by atoms with van der Waals surface area (Å²) < 4.78 is 27.8. The van der Waals surface area contributed by atoms with Crippen LogP contribution in [-0.4, -0.2) is 0 Å². The van der Waals surface area contributed by atoms with Gasteiger partial charge in [-0.05, 0) is 23.2 Å². The van der Waals surface area contributed by atoms with Crippen LogP contribution in [0, 0.1) is 5.82 Å². The van der Waals surface area contributed by atoms with E-state index in [0.717, 1.165) is 5.56 Å². The minimum Gasteiger partial charge on any atom is -0.207 e. The van der Waals surface area contributed by atoms with Gasteiger partial charge in [0.15, 0.2) is 0 Å². The fraction of sp³-hybridized carbons (Fsp3) is 0. The van der Waals surface area contributed by atoms with Crippen molar-refractivity contribution in [2.75, 3.05) is 0 Å². The topological polar surface area (TPSA) is 0 Å². The molecule has 0 aliphatic carbocycles. The molecule has 0 aliphatic heterocycles. The summed E-state index contributed by atoms with van der Waals surface area (Å²) in [5.41, 5.74) is 1.59. The molecule has 2 aromatic carbocycles. The lowest BCUT2D eigenvalue weighted by Crippen LogP contribution is -1.77. The van der Waals surface area contributed by atoms with Crippen molar-refractivity contribution >= 4 is 0 Å². The van der Waals surface area contributed by atoms with Gasteiger partial charge in [-0.1, -0.05) is 42.5 Å². The summed E-state index contributed by atoms with van der Waals surface area (Å²) in [5.74, 6) is -0.769. The molecule has 1 heteroatoms. The Morgan fingerprint density at radius 1 is 0.846 bits per heavy atom. The molecule has 0 aliphatic rings. The molecule has 0 atom stereocenters. The average molecular weight is 174 g/mol. The monoisotopic (exact) mass is 174 g/mol. The quantitative estimate of drug-likeness (QED) is 0.620. The molecule has 0 heterocycles. The number of rotatable bonds is 1. The van der Waals surface area contributed by atoms with Gasteiger partial charge >= 0.3 is 0 Å². The van der Waals surface area contributed by atoms with E-state index in [1.165, 1.54) is 12.1 Å². The second-order valence-electron chi connectivity index (χ2n) is 2.71. The zero-order valence-electron chi connectivity index (χ0n) is 8.92. The summed E-state index contributed by atoms with van der Waals surface area (Å²) in [4.78, 5) is 0. The van der Waals surface area contributed by atoms with Crippen molar-refractivity contribution in [3.63, 3.8) is 0 Å². The van der Waals surface area contributed by atoms with Crippen LogP contribution in [0.3, 0.4) is 0 Å². The second-order valence-corrected chi connectivity index (χ2v) is 2.71. The standard InChI is InChI=1S/C12H9F/c13-12-8-6-11(7-9-12)10-4-2-1-3-5-10/h1-9H/i8D,9D. The summed E-state index contributed by atoms with van der Waals surface area (Å²) in [7, 11) is 0. The Morgan fingerprint density at radius 2 is 1.38 bits per heavy atom. The van der Waals surface area contributed by atoms with Crippen LogP contribution >= 0.6 is 0 Å². The molecule has 0 saturated heterocycles. The van der Waals surface area contributed by atoms with Gasteiger partial charge in [-0.25, -0.2) is 4.39 Å². The molecule has 2 aromatic rings. The van der Waals surface area contributed by atoms with E-state index in [2.05, 4.69) is 0 Å². The Labute approximate surface area is 79.5 Å². The maximum absolute atomic E-state index is 13.1. The Balaban J connectivity index is 2.56. The van der Waals surface area contributed by atoms with Crippen LogP contribution in [0.1, 0.15) is 2.74 Å². The molecule has 0 spiro atoms. The number of halogens is 1. The van der Waals surface area contributed by atoms with E-state index >= 15 is 0 Å². The predicted molar refractivity (Wildman–Crippen MR) is 51.8 cm³/mol. The number of hydrogen-bond acceptors (Lipinski definition) is 0. The lowest BCUT2D eigenvalue weighted by atomic mass is 10.1. The van der Waals surface area contributed by atoms with E-state index in [9.17, 15) is 4.39 Å². The summed E-state index contributed by atoms with van der Waals surface area (Å²) in [5, 5.41) is 0. The molecule has 0 unspecified atom stereocenters. The zero-order valence-corrected chi connectivity index (χ0v) is 6.92. The third-order valence-corrected chi connectivity index (χ3v) is 1.82. The van der Waals surface area contributed by atoms with E-state index in [4.69, 9.17) is 2.74 Å². The maximum Gasteiger partial charge on any atom is 0.123 e. The van der Waals surface area contributed by atoms with E-state index in [-0.39, 0.29) is 12.1 Å². The van der Waals surface area contributed by atoms with Crippen molar-refractivity contribution < 1.29 is 7.13 Å². The lowest BCUT2D eigenvalue weighted by molar-refractivity contribution is 0.628. The van der Waals surface area contributed by atoms with Gasteiger partial charge in [-0.3, -0.25) is 0 Å². The number of benzene rings is 2. The van der Waals surface area contributed by atoms with Crippen molar-refractivity contribution in [3.05, 3.63) is 60.4 Å². The molecule has 13 heavy (non-hydrogen) atoms. The Bertz CT molecular complexity index is 457. The summed E-state index contributed by atoms with van der Waals surface area (Å²) in [6, 6.07) is 11.8. The van der Waals surface area contributed by atoms with Crippen LogP contribution in [0.25, 0.3) is 11.1 Å². The van der Waals surface area contributed by atoms with Crippen LogP contribution in [-0.2, 0) is 0 Å². The first-order chi connectivity index (χ1) is 7.18. The molecular formula is C12H9F. The molecule has 0 N–H and O–H groups in total. The first kappa shape index (κ1) is 5.92. The normalized spacial score (nSPS) is 12.1. The van der Waals surface area contributed by atoms with Crippen LogP contribution < -0.4 is 0 Å². The van der Waals surface area contributed by atoms with Crippen molar-refractivity contribution in [1.82, 2.24) is 0 Å². The fourth-order valence-corrected chi connectivity index (χ4v) is 1.16.